The maximum absolute atomic E-state index is 12.3. The smallest absolute Gasteiger partial charge is 0.329 e. The van der Waals surface area contributed by atoms with E-state index in [1.54, 1.807) is 9.80 Å². The van der Waals surface area contributed by atoms with E-state index in [1.165, 1.54) is 0 Å². The average molecular weight is 270 g/mol. The summed E-state index contributed by atoms with van der Waals surface area (Å²) in [7, 11) is 0. The Morgan fingerprint density at radius 3 is 2.32 bits per heavy atom. The molecule has 110 valence electrons. The molecule has 0 unspecified atom stereocenters. The van der Waals surface area contributed by atoms with Gasteiger partial charge in [-0.1, -0.05) is 0 Å². The Bertz CT molecular complexity index is 332. The van der Waals surface area contributed by atoms with Crippen LogP contribution in [0.15, 0.2) is 0 Å². The van der Waals surface area contributed by atoms with Crippen molar-refractivity contribution >= 4 is 12.0 Å². The molecule has 0 aromatic carbocycles. The van der Waals surface area contributed by atoms with Crippen molar-refractivity contribution in [2.45, 2.75) is 59.1 Å². The summed E-state index contributed by atoms with van der Waals surface area (Å²) < 4.78 is 5.40. The summed E-state index contributed by atoms with van der Waals surface area (Å²) in [6.07, 6.45) is 1.55. The molecule has 0 N–H and O–H groups in total. The molecule has 5 heteroatoms. The number of ether oxygens (including phenoxy) is 1. The third-order valence-corrected chi connectivity index (χ3v) is 3.21. The van der Waals surface area contributed by atoms with Gasteiger partial charge < -0.3 is 14.5 Å². The van der Waals surface area contributed by atoms with Crippen LogP contribution in [0, 0.1) is 0 Å². The van der Waals surface area contributed by atoms with E-state index in [9.17, 15) is 9.59 Å². The molecule has 1 fully saturated rings. The van der Waals surface area contributed by atoms with E-state index in [0.717, 1.165) is 6.42 Å². The fraction of sp³-hybridized carbons (Fsp3) is 0.857. The Morgan fingerprint density at radius 2 is 1.84 bits per heavy atom. The summed E-state index contributed by atoms with van der Waals surface area (Å²) in [5, 5.41) is 0. The predicted molar refractivity (Wildman–Crippen MR) is 73.9 cm³/mol. The van der Waals surface area contributed by atoms with Crippen molar-refractivity contribution in [1.82, 2.24) is 9.80 Å². The van der Waals surface area contributed by atoms with Gasteiger partial charge in [0.25, 0.3) is 0 Å². The number of rotatable bonds is 3. The normalized spacial score (nSPS) is 19.4. The van der Waals surface area contributed by atoms with Crippen LogP contribution >= 0.6 is 0 Å². The first-order chi connectivity index (χ1) is 8.80. The van der Waals surface area contributed by atoms with Gasteiger partial charge in [0.15, 0.2) is 0 Å². The van der Waals surface area contributed by atoms with Crippen LogP contribution in [0.3, 0.4) is 0 Å². The van der Waals surface area contributed by atoms with Crippen LogP contribution in [0.4, 0.5) is 4.79 Å². The largest absolute Gasteiger partial charge is 0.458 e. The zero-order valence-electron chi connectivity index (χ0n) is 12.7. The number of hydrogen-bond donors (Lipinski definition) is 0. The summed E-state index contributed by atoms with van der Waals surface area (Å²) in [6, 6.07) is -0.481. The summed E-state index contributed by atoms with van der Waals surface area (Å²) in [5.74, 6) is -0.287. The Hall–Kier alpha value is -1.26. The number of urea groups is 1. The second kappa shape index (κ2) is 6.26. The van der Waals surface area contributed by atoms with Gasteiger partial charge in [-0.25, -0.2) is 9.59 Å². The Labute approximate surface area is 115 Å². The molecule has 0 aliphatic carbocycles. The van der Waals surface area contributed by atoms with Crippen LogP contribution in [0.25, 0.3) is 0 Å². The SMILES string of the molecule is CCN(CC)C(=O)N1CCC[C@H]1C(=O)OC(C)(C)C. The van der Waals surface area contributed by atoms with Gasteiger partial charge in [-0.15, -0.1) is 0 Å². The van der Waals surface area contributed by atoms with E-state index in [0.29, 0.717) is 26.1 Å². The van der Waals surface area contributed by atoms with Gasteiger partial charge in [0, 0.05) is 19.6 Å². The summed E-state index contributed by atoms with van der Waals surface area (Å²) in [6.45, 7) is 11.4. The highest BCUT2D eigenvalue weighted by molar-refractivity contribution is 5.84. The highest BCUT2D eigenvalue weighted by atomic mass is 16.6. The molecule has 2 amide bonds. The molecule has 0 bridgehead atoms. The van der Waals surface area contributed by atoms with Gasteiger partial charge in [0.05, 0.1) is 0 Å². The first-order valence-corrected chi connectivity index (χ1v) is 7.08. The Morgan fingerprint density at radius 1 is 1.26 bits per heavy atom. The van der Waals surface area contributed by atoms with Gasteiger partial charge >= 0.3 is 12.0 Å². The number of carbonyl (C=O) groups is 2. The van der Waals surface area contributed by atoms with E-state index >= 15 is 0 Å². The molecule has 0 aromatic rings. The van der Waals surface area contributed by atoms with Gasteiger partial charge in [-0.3, -0.25) is 0 Å². The number of likely N-dealkylation sites (tertiary alicyclic amines) is 1. The van der Waals surface area contributed by atoms with Crippen LogP contribution in [-0.4, -0.2) is 53.1 Å². The maximum atomic E-state index is 12.3. The van der Waals surface area contributed by atoms with Crippen molar-refractivity contribution in [3.8, 4) is 0 Å². The first-order valence-electron chi connectivity index (χ1n) is 7.08. The van der Waals surface area contributed by atoms with Gasteiger partial charge in [0.1, 0.15) is 11.6 Å². The minimum Gasteiger partial charge on any atom is -0.458 e. The molecule has 19 heavy (non-hydrogen) atoms. The van der Waals surface area contributed by atoms with Crippen LogP contribution in [0.1, 0.15) is 47.5 Å². The minimum absolute atomic E-state index is 0.0571. The topological polar surface area (TPSA) is 49.9 Å². The van der Waals surface area contributed by atoms with Gasteiger partial charge in [-0.05, 0) is 47.5 Å². The third kappa shape index (κ3) is 4.11. The lowest BCUT2D eigenvalue weighted by atomic mass is 10.1. The summed E-state index contributed by atoms with van der Waals surface area (Å²) in [4.78, 5) is 27.9. The molecule has 1 atom stereocenters. The van der Waals surface area contributed by atoms with Crippen molar-refractivity contribution in [3.63, 3.8) is 0 Å². The predicted octanol–water partition coefficient (Wildman–Crippen LogP) is 2.25. The molecule has 1 aliphatic heterocycles. The number of esters is 1. The fourth-order valence-electron chi connectivity index (χ4n) is 2.29. The average Bonchev–Trinajstić information content (AvgIpc) is 2.76. The lowest BCUT2D eigenvalue weighted by Gasteiger charge is -2.31. The maximum Gasteiger partial charge on any atom is 0.329 e. The second-order valence-electron chi connectivity index (χ2n) is 5.84. The van der Waals surface area contributed by atoms with Crippen LogP contribution in [-0.2, 0) is 9.53 Å². The molecular formula is C14H26N2O3. The van der Waals surface area contributed by atoms with E-state index in [2.05, 4.69) is 0 Å². The van der Waals surface area contributed by atoms with Crippen molar-refractivity contribution in [2.75, 3.05) is 19.6 Å². The number of nitrogens with zero attached hydrogens (tertiary/aromatic N) is 2. The molecular weight excluding hydrogens is 244 g/mol. The van der Waals surface area contributed by atoms with E-state index in [-0.39, 0.29) is 12.0 Å². The number of carbonyl (C=O) groups excluding carboxylic acids is 2. The molecule has 1 heterocycles. The highest BCUT2D eigenvalue weighted by Gasteiger charge is 2.38. The number of amides is 2. The number of hydrogen-bond acceptors (Lipinski definition) is 3. The molecule has 5 nitrogen and oxygen atoms in total. The van der Waals surface area contributed by atoms with E-state index in [4.69, 9.17) is 4.74 Å². The van der Waals surface area contributed by atoms with Crippen molar-refractivity contribution < 1.29 is 14.3 Å². The van der Waals surface area contributed by atoms with Crippen LogP contribution in [0.2, 0.25) is 0 Å². The van der Waals surface area contributed by atoms with E-state index < -0.39 is 11.6 Å². The standard InChI is InChI=1S/C14H26N2O3/c1-6-15(7-2)13(18)16-10-8-9-11(16)12(17)19-14(3,4)5/h11H,6-10H2,1-5H3/t11-/m0/s1. The Kier molecular flexibility index (Phi) is 5.20. The van der Waals surface area contributed by atoms with Gasteiger partial charge in [-0.2, -0.15) is 0 Å². The van der Waals surface area contributed by atoms with Crippen LogP contribution < -0.4 is 0 Å². The van der Waals surface area contributed by atoms with Crippen molar-refractivity contribution in [1.29, 1.82) is 0 Å². The zero-order valence-corrected chi connectivity index (χ0v) is 12.7. The van der Waals surface area contributed by atoms with Crippen molar-refractivity contribution in [3.05, 3.63) is 0 Å². The van der Waals surface area contributed by atoms with E-state index in [1.807, 2.05) is 34.6 Å². The van der Waals surface area contributed by atoms with Crippen molar-refractivity contribution in [2.24, 2.45) is 0 Å². The lowest BCUT2D eigenvalue weighted by molar-refractivity contribution is -0.159. The molecule has 1 rings (SSSR count). The zero-order chi connectivity index (χ0) is 14.6. The molecule has 1 saturated heterocycles. The minimum atomic E-state index is -0.510. The first kappa shape index (κ1) is 15.8. The second-order valence-corrected chi connectivity index (χ2v) is 5.84. The van der Waals surface area contributed by atoms with Gasteiger partial charge in [0.2, 0.25) is 0 Å². The lowest BCUT2D eigenvalue weighted by Crippen LogP contribution is -2.49. The molecule has 0 saturated carbocycles. The molecule has 0 aromatic heterocycles. The fourth-order valence-corrected chi connectivity index (χ4v) is 2.29. The summed E-state index contributed by atoms with van der Waals surface area (Å²) >= 11 is 0. The van der Waals surface area contributed by atoms with Crippen LogP contribution in [0.5, 0.6) is 0 Å². The molecule has 1 aliphatic rings. The summed E-state index contributed by atoms with van der Waals surface area (Å²) in [5.41, 5.74) is -0.510. The quantitative estimate of drug-likeness (QED) is 0.739. The molecule has 0 radical (unpaired) electrons. The highest BCUT2D eigenvalue weighted by Crippen LogP contribution is 2.22. The Balaban J connectivity index is 2.73. The molecule has 0 spiro atoms. The third-order valence-electron chi connectivity index (χ3n) is 3.21. The monoisotopic (exact) mass is 270 g/mol.